The van der Waals surface area contributed by atoms with Gasteiger partial charge in [0.25, 0.3) is 0 Å². The van der Waals surface area contributed by atoms with E-state index in [1.165, 1.54) is 5.56 Å². The molecule has 0 aliphatic heterocycles. The molecule has 0 saturated carbocycles. The third-order valence-corrected chi connectivity index (χ3v) is 4.04. The molecule has 0 bridgehead atoms. The molecule has 2 N–H and O–H groups in total. The number of carbonyl (C=O) groups excluding carboxylic acids is 2. The fourth-order valence-electron chi connectivity index (χ4n) is 2.29. The van der Waals surface area contributed by atoms with Crippen LogP contribution in [0.1, 0.15) is 36.5 Å². The maximum absolute atomic E-state index is 12.0. The maximum atomic E-state index is 12.0. The Bertz CT molecular complexity index is 855. The summed E-state index contributed by atoms with van der Waals surface area (Å²) in [5, 5.41) is 6.82. The summed E-state index contributed by atoms with van der Waals surface area (Å²) in [6, 6.07) is 15.6. The molecule has 27 heavy (non-hydrogen) atoms. The highest BCUT2D eigenvalue weighted by Gasteiger charge is 2.07. The Morgan fingerprint density at radius 3 is 2.37 bits per heavy atom. The second-order valence-electron chi connectivity index (χ2n) is 6.38. The molecule has 0 fully saturated rings. The Labute approximate surface area is 160 Å². The minimum atomic E-state index is -0.294. The van der Waals surface area contributed by atoms with Gasteiger partial charge in [-0.3, -0.25) is 9.59 Å². The van der Waals surface area contributed by atoms with Gasteiger partial charge in [0, 0.05) is 18.5 Å². The Balaban J connectivity index is 1.75. The number of allylic oxidation sites excluding steroid dienone is 1. The summed E-state index contributed by atoms with van der Waals surface area (Å²) in [7, 11) is 0. The number of aryl methyl sites for hydroxylation is 2. The predicted molar refractivity (Wildman–Crippen MR) is 111 cm³/mol. The SMILES string of the molecule is CC(/C=C/c1ccccc1)=N\NC(=O)CCC(=O)Nc1ccc(C)c(C)c1. The van der Waals surface area contributed by atoms with E-state index in [9.17, 15) is 9.59 Å². The molecule has 2 amide bonds. The largest absolute Gasteiger partial charge is 0.326 e. The van der Waals surface area contributed by atoms with Crippen LogP contribution in [0.2, 0.25) is 0 Å². The fourth-order valence-corrected chi connectivity index (χ4v) is 2.29. The summed E-state index contributed by atoms with van der Waals surface area (Å²) >= 11 is 0. The topological polar surface area (TPSA) is 70.6 Å². The van der Waals surface area contributed by atoms with Crippen LogP contribution in [0.15, 0.2) is 59.7 Å². The molecule has 0 aliphatic carbocycles. The third-order valence-electron chi connectivity index (χ3n) is 4.04. The van der Waals surface area contributed by atoms with Crippen LogP contribution in [-0.4, -0.2) is 17.5 Å². The van der Waals surface area contributed by atoms with E-state index in [2.05, 4.69) is 15.8 Å². The molecule has 0 unspecified atom stereocenters. The van der Waals surface area contributed by atoms with Crippen molar-refractivity contribution < 1.29 is 9.59 Å². The van der Waals surface area contributed by atoms with E-state index in [1.807, 2.05) is 74.5 Å². The number of nitrogens with one attached hydrogen (secondary N) is 2. The number of anilines is 1. The molecule has 140 valence electrons. The van der Waals surface area contributed by atoms with Crippen LogP contribution in [0.3, 0.4) is 0 Å². The first-order valence-electron chi connectivity index (χ1n) is 8.87. The quantitative estimate of drug-likeness (QED) is 0.571. The molecule has 2 rings (SSSR count). The van der Waals surface area contributed by atoms with Crippen molar-refractivity contribution in [3.8, 4) is 0 Å². The van der Waals surface area contributed by atoms with Gasteiger partial charge in [-0.05, 0) is 55.7 Å². The van der Waals surface area contributed by atoms with Crippen molar-refractivity contribution >= 4 is 29.3 Å². The lowest BCUT2D eigenvalue weighted by molar-refractivity contribution is -0.124. The molecular weight excluding hydrogens is 338 g/mol. The molecule has 0 heterocycles. The van der Waals surface area contributed by atoms with E-state index in [0.29, 0.717) is 5.71 Å². The minimum Gasteiger partial charge on any atom is -0.326 e. The van der Waals surface area contributed by atoms with Crippen molar-refractivity contribution in [3.05, 3.63) is 71.3 Å². The van der Waals surface area contributed by atoms with Crippen molar-refractivity contribution in [2.75, 3.05) is 5.32 Å². The van der Waals surface area contributed by atoms with Crippen LogP contribution < -0.4 is 10.7 Å². The molecule has 5 heteroatoms. The van der Waals surface area contributed by atoms with Crippen LogP contribution in [0, 0.1) is 13.8 Å². The third kappa shape index (κ3) is 7.28. The maximum Gasteiger partial charge on any atom is 0.240 e. The van der Waals surface area contributed by atoms with Crippen molar-refractivity contribution in [2.24, 2.45) is 5.10 Å². The minimum absolute atomic E-state index is 0.0792. The van der Waals surface area contributed by atoms with E-state index >= 15 is 0 Å². The molecule has 5 nitrogen and oxygen atoms in total. The first kappa shape index (κ1) is 20.1. The van der Waals surface area contributed by atoms with Crippen molar-refractivity contribution in [1.82, 2.24) is 5.43 Å². The van der Waals surface area contributed by atoms with Crippen LogP contribution >= 0.6 is 0 Å². The van der Waals surface area contributed by atoms with Crippen LogP contribution in [0.25, 0.3) is 6.08 Å². The number of carbonyl (C=O) groups is 2. The second kappa shape index (κ2) is 10.1. The lowest BCUT2D eigenvalue weighted by Crippen LogP contribution is -2.21. The zero-order chi connectivity index (χ0) is 19.6. The fraction of sp³-hybridized carbons (Fsp3) is 0.227. The zero-order valence-corrected chi connectivity index (χ0v) is 16.0. The average molecular weight is 363 g/mol. The average Bonchev–Trinajstić information content (AvgIpc) is 2.67. The van der Waals surface area contributed by atoms with Crippen LogP contribution in [-0.2, 0) is 9.59 Å². The highest BCUT2D eigenvalue weighted by molar-refractivity contribution is 5.97. The van der Waals surface area contributed by atoms with Gasteiger partial charge in [0.05, 0.1) is 5.71 Å². The van der Waals surface area contributed by atoms with Crippen molar-refractivity contribution in [1.29, 1.82) is 0 Å². The molecule has 0 saturated heterocycles. The Morgan fingerprint density at radius 2 is 1.67 bits per heavy atom. The van der Waals surface area contributed by atoms with Gasteiger partial charge in [0.2, 0.25) is 11.8 Å². The highest BCUT2D eigenvalue weighted by atomic mass is 16.2. The Hall–Kier alpha value is -3.21. The number of hydrazone groups is 1. The number of amides is 2. The summed E-state index contributed by atoms with van der Waals surface area (Å²) in [5.41, 5.74) is 7.22. The van der Waals surface area contributed by atoms with E-state index < -0.39 is 0 Å². The zero-order valence-electron chi connectivity index (χ0n) is 16.0. The van der Waals surface area contributed by atoms with Crippen molar-refractivity contribution in [2.45, 2.75) is 33.6 Å². The standard InChI is InChI=1S/C22H25N3O2/c1-16-9-12-20(15-17(16)2)23-21(26)13-14-22(27)25-24-18(3)10-11-19-7-5-4-6-8-19/h4-12,15H,13-14H2,1-3H3,(H,23,26)(H,25,27)/b11-10+,24-18+. The first-order chi connectivity index (χ1) is 12.9. The smallest absolute Gasteiger partial charge is 0.240 e. The molecule has 0 atom stereocenters. The first-order valence-corrected chi connectivity index (χ1v) is 8.87. The number of benzene rings is 2. The van der Waals surface area contributed by atoms with Gasteiger partial charge in [0.1, 0.15) is 0 Å². The van der Waals surface area contributed by atoms with E-state index in [4.69, 9.17) is 0 Å². The number of nitrogens with zero attached hydrogens (tertiary/aromatic N) is 1. The molecule has 0 aliphatic rings. The van der Waals surface area contributed by atoms with Crippen LogP contribution in [0.4, 0.5) is 5.69 Å². The molecule has 0 aromatic heterocycles. The molecule has 2 aromatic rings. The highest BCUT2D eigenvalue weighted by Crippen LogP contribution is 2.14. The van der Waals surface area contributed by atoms with Crippen LogP contribution in [0.5, 0.6) is 0 Å². The number of hydrogen-bond acceptors (Lipinski definition) is 3. The summed E-state index contributed by atoms with van der Waals surface area (Å²) < 4.78 is 0. The summed E-state index contributed by atoms with van der Waals surface area (Å²) in [5.74, 6) is -0.490. The lowest BCUT2D eigenvalue weighted by atomic mass is 10.1. The second-order valence-corrected chi connectivity index (χ2v) is 6.38. The van der Waals surface area contributed by atoms with Gasteiger partial charge in [-0.2, -0.15) is 5.10 Å². The van der Waals surface area contributed by atoms with Crippen molar-refractivity contribution in [3.63, 3.8) is 0 Å². The van der Waals surface area contributed by atoms with Gasteiger partial charge in [-0.25, -0.2) is 5.43 Å². The van der Waals surface area contributed by atoms with E-state index in [1.54, 1.807) is 6.92 Å². The normalized spacial score (nSPS) is 11.4. The molecule has 2 aromatic carbocycles. The predicted octanol–water partition coefficient (Wildman–Crippen LogP) is 4.23. The molecular formula is C22H25N3O2. The molecule has 0 radical (unpaired) electrons. The molecule has 0 spiro atoms. The Morgan fingerprint density at radius 1 is 0.963 bits per heavy atom. The monoisotopic (exact) mass is 363 g/mol. The van der Waals surface area contributed by atoms with E-state index in [0.717, 1.165) is 16.8 Å². The van der Waals surface area contributed by atoms with Gasteiger partial charge in [0.15, 0.2) is 0 Å². The number of rotatable bonds is 7. The Kier molecular flexibility index (Phi) is 7.49. The van der Waals surface area contributed by atoms with Gasteiger partial charge in [-0.15, -0.1) is 0 Å². The summed E-state index contributed by atoms with van der Waals surface area (Å²) in [4.78, 5) is 23.8. The van der Waals surface area contributed by atoms with Gasteiger partial charge < -0.3 is 5.32 Å². The summed E-state index contributed by atoms with van der Waals surface area (Å²) in [6.07, 6.45) is 3.92. The summed E-state index contributed by atoms with van der Waals surface area (Å²) in [6.45, 7) is 5.81. The van der Waals surface area contributed by atoms with E-state index in [-0.39, 0.29) is 24.7 Å². The number of hydrogen-bond donors (Lipinski definition) is 2. The van der Waals surface area contributed by atoms with Gasteiger partial charge in [-0.1, -0.05) is 42.5 Å². The van der Waals surface area contributed by atoms with Gasteiger partial charge >= 0.3 is 0 Å². The lowest BCUT2D eigenvalue weighted by Gasteiger charge is -2.07.